The van der Waals surface area contributed by atoms with E-state index >= 15 is 0 Å². The molecule has 0 atom stereocenters. The number of nitrogens with zero attached hydrogens (tertiary/aromatic N) is 1. The summed E-state index contributed by atoms with van der Waals surface area (Å²) in [5, 5.41) is 11.0. The first-order valence-corrected chi connectivity index (χ1v) is 8.27. The Bertz CT molecular complexity index is 387. The van der Waals surface area contributed by atoms with Gasteiger partial charge in [0.05, 0.1) is 5.25 Å². The van der Waals surface area contributed by atoms with Gasteiger partial charge in [-0.25, -0.2) is 12.7 Å². The number of hydrogen-bond acceptors (Lipinski definition) is 4. The van der Waals surface area contributed by atoms with Crippen molar-refractivity contribution in [3.63, 3.8) is 0 Å². The van der Waals surface area contributed by atoms with Crippen LogP contribution in [0.15, 0.2) is 0 Å². The quantitative estimate of drug-likeness (QED) is 0.671. The summed E-state index contributed by atoms with van der Waals surface area (Å²) in [7, 11) is -3.20. The van der Waals surface area contributed by atoms with Crippen molar-refractivity contribution >= 4 is 15.9 Å². The molecule has 1 amide bonds. The first-order chi connectivity index (χ1) is 8.89. The Morgan fingerprint density at radius 1 is 1.37 bits per heavy atom. The minimum Gasteiger partial charge on any atom is -0.396 e. The minimum atomic E-state index is -3.20. The Kier molecular flexibility index (Phi) is 6.22. The molecule has 7 heteroatoms. The average molecular weight is 292 g/mol. The van der Waals surface area contributed by atoms with Crippen molar-refractivity contribution in [3.8, 4) is 0 Å². The lowest BCUT2D eigenvalue weighted by atomic mass is 9.97. The zero-order chi connectivity index (χ0) is 14.5. The summed E-state index contributed by atoms with van der Waals surface area (Å²) in [6.07, 6.45) is 1.68. The number of rotatable bonds is 6. The summed E-state index contributed by atoms with van der Waals surface area (Å²) in [5.41, 5.74) is 0. The van der Waals surface area contributed by atoms with Gasteiger partial charge in [-0.15, -0.1) is 0 Å². The highest BCUT2D eigenvalue weighted by molar-refractivity contribution is 7.89. The molecule has 6 nitrogen and oxygen atoms in total. The lowest BCUT2D eigenvalue weighted by Crippen LogP contribution is -2.45. The van der Waals surface area contributed by atoms with Gasteiger partial charge in [-0.3, -0.25) is 4.79 Å². The van der Waals surface area contributed by atoms with E-state index in [2.05, 4.69) is 5.32 Å². The third kappa shape index (κ3) is 4.43. The summed E-state index contributed by atoms with van der Waals surface area (Å²) in [6, 6.07) is 0. The van der Waals surface area contributed by atoms with E-state index in [1.54, 1.807) is 13.8 Å². The second-order valence-electron chi connectivity index (χ2n) is 5.14. The fourth-order valence-corrected chi connectivity index (χ4v) is 3.42. The SMILES string of the molecule is CC(C)S(=O)(=O)N1CCC(C(=O)NCCCO)CC1. The van der Waals surface area contributed by atoms with Crippen molar-refractivity contribution in [1.29, 1.82) is 0 Å². The number of aliphatic hydroxyl groups is 1. The predicted molar refractivity (Wildman–Crippen MR) is 73.1 cm³/mol. The molecule has 0 aromatic heterocycles. The van der Waals surface area contributed by atoms with Crippen LogP contribution in [0.2, 0.25) is 0 Å². The first kappa shape index (κ1) is 16.4. The molecule has 0 unspecified atom stereocenters. The number of piperidine rings is 1. The molecule has 1 saturated heterocycles. The molecular formula is C12H24N2O4S. The van der Waals surface area contributed by atoms with Crippen LogP contribution in [0.4, 0.5) is 0 Å². The molecule has 0 aromatic carbocycles. The number of hydrogen-bond donors (Lipinski definition) is 2. The smallest absolute Gasteiger partial charge is 0.223 e. The summed E-state index contributed by atoms with van der Waals surface area (Å²) in [6.45, 7) is 4.70. The summed E-state index contributed by atoms with van der Waals surface area (Å²) >= 11 is 0. The van der Waals surface area contributed by atoms with Gasteiger partial charge in [0.15, 0.2) is 0 Å². The number of carbonyl (C=O) groups is 1. The van der Waals surface area contributed by atoms with Crippen LogP contribution in [0, 0.1) is 5.92 Å². The van der Waals surface area contributed by atoms with Crippen molar-refractivity contribution in [2.45, 2.75) is 38.4 Å². The van der Waals surface area contributed by atoms with Gasteiger partial charge in [0.2, 0.25) is 15.9 Å². The number of sulfonamides is 1. The Labute approximate surface area is 115 Å². The highest BCUT2D eigenvalue weighted by atomic mass is 32.2. The molecule has 1 fully saturated rings. The zero-order valence-electron chi connectivity index (χ0n) is 11.6. The molecule has 0 spiro atoms. The van der Waals surface area contributed by atoms with E-state index in [9.17, 15) is 13.2 Å². The standard InChI is InChI=1S/C12H24N2O4S/c1-10(2)19(17,18)14-7-4-11(5-8-14)12(16)13-6-3-9-15/h10-11,15H,3-9H2,1-2H3,(H,13,16). The van der Waals surface area contributed by atoms with E-state index in [0.717, 1.165) is 0 Å². The number of aliphatic hydroxyl groups excluding tert-OH is 1. The van der Waals surface area contributed by atoms with Crippen molar-refractivity contribution in [3.05, 3.63) is 0 Å². The maximum Gasteiger partial charge on any atom is 0.223 e. The molecule has 0 aliphatic carbocycles. The van der Waals surface area contributed by atoms with Crippen LogP contribution in [0.3, 0.4) is 0 Å². The van der Waals surface area contributed by atoms with Crippen LogP contribution in [-0.2, 0) is 14.8 Å². The Morgan fingerprint density at radius 3 is 2.42 bits per heavy atom. The molecule has 0 saturated carbocycles. The lowest BCUT2D eigenvalue weighted by molar-refractivity contribution is -0.126. The molecule has 1 aliphatic heterocycles. The highest BCUT2D eigenvalue weighted by Crippen LogP contribution is 2.21. The molecular weight excluding hydrogens is 268 g/mol. The van der Waals surface area contributed by atoms with E-state index < -0.39 is 15.3 Å². The molecule has 1 aliphatic rings. The van der Waals surface area contributed by atoms with Gasteiger partial charge in [0, 0.05) is 32.2 Å². The van der Waals surface area contributed by atoms with Gasteiger partial charge in [0.25, 0.3) is 0 Å². The van der Waals surface area contributed by atoms with Gasteiger partial charge in [0.1, 0.15) is 0 Å². The van der Waals surface area contributed by atoms with Crippen LogP contribution in [0.5, 0.6) is 0 Å². The third-order valence-electron chi connectivity index (χ3n) is 3.41. The van der Waals surface area contributed by atoms with Gasteiger partial charge >= 0.3 is 0 Å². The fourth-order valence-electron chi connectivity index (χ4n) is 2.11. The summed E-state index contributed by atoms with van der Waals surface area (Å²) < 4.78 is 25.4. The molecule has 2 N–H and O–H groups in total. The summed E-state index contributed by atoms with van der Waals surface area (Å²) in [4.78, 5) is 11.8. The fraction of sp³-hybridized carbons (Fsp3) is 0.917. The molecule has 0 aromatic rings. The molecule has 1 rings (SSSR count). The largest absolute Gasteiger partial charge is 0.396 e. The molecule has 0 radical (unpaired) electrons. The minimum absolute atomic E-state index is 0.0324. The van der Waals surface area contributed by atoms with Crippen molar-refractivity contribution < 1.29 is 18.3 Å². The van der Waals surface area contributed by atoms with Crippen LogP contribution < -0.4 is 5.32 Å². The normalized spacial score (nSPS) is 18.7. The monoisotopic (exact) mass is 292 g/mol. The van der Waals surface area contributed by atoms with E-state index in [1.165, 1.54) is 4.31 Å². The average Bonchev–Trinajstić information content (AvgIpc) is 2.39. The Balaban J connectivity index is 2.43. The van der Waals surface area contributed by atoms with Gasteiger partial charge < -0.3 is 10.4 Å². The Hall–Kier alpha value is -0.660. The van der Waals surface area contributed by atoms with Crippen LogP contribution in [0.25, 0.3) is 0 Å². The van der Waals surface area contributed by atoms with E-state index in [4.69, 9.17) is 5.11 Å². The van der Waals surface area contributed by atoms with Crippen molar-refractivity contribution in [2.24, 2.45) is 5.92 Å². The Morgan fingerprint density at radius 2 is 1.95 bits per heavy atom. The van der Waals surface area contributed by atoms with Crippen LogP contribution >= 0.6 is 0 Å². The highest BCUT2D eigenvalue weighted by Gasteiger charge is 2.32. The first-order valence-electron chi connectivity index (χ1n) is 6.77. The van der Waals surface area contributed by atoms with Gasteiger partial charge in [-0.2, -0.15) is 0 Å². The van der Waals surface area contributed by atoms with E-state index in [1.807, 2.05) is 0 Å². The van der Waals surface area contributed by atoms with Crippen LogP contribution in [0.1, 0.15) is 33.1 Å². The number of amides is 1. The maximum atomic E-state index is 12.0. The van der Waals surface area contributed by atoms with Gasteiger partial charge in [-0.1, -0.05) is 0 Å². The zero-order valence-corrected chi connectivity index (χ0v) is 12.4. The maximum absolute atomic E-state index is 12.0. The van der Waals surface area contributed by atoms with Crippen molar-refractivity contribution in [2.75, 3.05) is 26.2 Å². The number of nitrogens with one attached hydrogen (secondary N) is 1. The second-order valence-corrected chi connectivity index (χ2v) is 7.62. The summed E-state index contributed by atoms with van der Waals surface area (Å²) in [5.74, 6) is -0.146. The second kappa shape index (κ2) is 7.21. The molecule has 112 valence electrons. The van der Waals surface area contributed by atoms with E-state index in [-0.39, 0.29) is 18.4 Å². The molecule has 19 heavy (non-hydrogen) atoms. The molecule has 1 heterocycles. The lowest BCUT2D eigenvalue weighted by Gasteiger charge is -2.31. The molecule has 0 bridgehead atoms. The number of carbonyl (C=O) groups excluding carboxylic acids is 1. The predicted octanol–water partition coefficient (Wildman–Crippen LogP) is -0.0648. The van der Waals surface area contributed by atoms with Crippen molar-refractivity contribution in [1.82, 2.24) is 9.62 Å². The van der Waals surface area contributed by atoms with E-state index in [0.29, 0.717) is 38.9 Å². The third-order valence-corrected chi connectivity index (χ3v) is 5.69. The van der Waals surface area contributed by atoms with Gasteiger partial charge in [-0.05, 0) is 33.1 Å². The topological polar surface area (TPSA) is 86.7 Å². The van der Waals surface area contributed by atoms with Crippen LogP contribution in [-0.4, -0.2) is 55.2 Å².